The Morgan fingerprint density at radius 3 is 1.85 bits per heavy atom. The van der Waals surface area contributed by atoms with Crippen LogP contribution in [0.15, 0.2) is 24.4 Å². The Hall–Kier alpha value is -0.850. The highest BCUT2D eigenvalue weighted by molar-refractivity contribution is 4.93. The van der Waals surface area contributed by atoms with Gasteiger partial charge in [-0.1, -0.05) is 70.8 Å². The van der Waals surface area contributed by atoms with E-state index in [1.54, 1.807) is 0 Å². The summed E-state index contributed by atoms with van der Waals surface area (Å²) >= 11 is 0. The van der Waals surface area contributed by atoms with E-state index in [0.29, 0.717) is 0 Å². The molecule has 0 saturated heterocycles. The van der Waals surface area contributed by atoms with Crippen molar-refractivity contribution in [2.24, 2.45) is 0 Å². The summed E-state index contributed by atoms with van der Waals surface area (Å²) in [5.74, 6) is 0. The Labute approximate surface area is 126 Å². The molecule has 1 rings (SSSR count). The Balaban J connectivity index is 1.87. The number of aromatic nitrogens is 1. The van der Waals surface area contributed by atoms with Crippen molar-refractivity contribution < 1.29 is 4.57 Å². The molecule has 0 aliphatic heterocycles. The predicted molar refractivity (Wildman–Crippen MR) is 87.8 cm³/mol. The molecule has 114 valence electrons. The third kappa shape index (κ3) is 8.35. The molecule has 1 nitrogen and oxygen atoms in total. The number of pyridine rings is 1. The van der Waals surface area contributed by atoms with E-state index in [2.05, 4.69) is 42.8 Å². The van der Waals surface area contributed by atoms with Gasteiger partial charge in [-0.15, -0.1) is 0 Å². The third-order valence-electron chi connectivity index (χ3n) is 4.17. The molecule has 0 bridgehead atoms. The van der Waals surface area contributed by atoms with Crippen LogP contribution < -0.4 is 4.57 Å². The van der Waals surface area contributed by atoms with E-state index >= 15 is 0 Å². The van der Waals surface area contributed by atoms with Gasteiger partial charge in [0.05, 0.1) is 0 Å². The molecule has 0 spiro atoms. The zero-order chi connectivity index (χ0) is 14.5. The number of hydrogen-bond donors (Lipinski definition) is 0. The molecular weight excluding hydrogens is 242 g/mol. The van der Waals surface area contributed by atoms with E-state index in [4.69, 9.17) is 0 Å². The van der Waals surface area contributed by atoms with Crippen LogP contribution in [0.3, 0.4) is 0 Å². The van der Waals surface area contributed by atoms with Crippen molar-refractivity contribution >= 4 is 0 Å². The standard InChI is InChI=1S/C19H34N/c1-3-4-5-6-7-8-9-10-11-12-14-17-20-18-15-13-16-19(20)2/h13,15-16,18H,3-12,14,17H2,1-2H3/q+1. The summed E-state index contributed by atoms with van der Waals surface area (Å²) in [5, 5.41) is 0. The van der Waals surface area contributed by atoms with E-state index in [1.807, 2.05) is 0 Å². The second kappa shape index (κ2) is 11.9. The molecule has 0 aliphatic rings. The molecule has 0 amide bonds. The first-order chi connectivity index (χ1) is 9.84. The number of unbranched alkanes of at least 4 members (excludes halogenated alkanes) is 10. The lowest BCUT2D eigenvalue weighted by Crippen LogP contribution is -2.36. The second-order valence-corrected chi connectivity index (χ2v) is 6.07. The summed E-state index contributed by atoms with van der Waals surface area (Å²) in [6.45, 7) is 5.66. The highest BCUT2D eigenvalue weighted by atomic mass is 14.9. The minimum atomic E-state index is 1.18. The molecule has 1 aromatic rings. The van der Waals surface area contributed by atoms with E-state index in [1.165, 1.54) is 82.9 Å². The zero-order valence-corrected chi connectivity index (χ0v) is 13.7. The summed E-state index contributed by atoms with van der Waals surface area (Å²) in [4.78, 5) is 0. The van der Waals surface area contributed by atoms with Crippen molar-refractivity contribution in [1.29, 1.82) is 0 Å². The van der Waals surface area contributed by atoms with Gasteiger partial charge in [-0.3, -0.25) is 0 Å². The summed E-state index contributed by atoms with van der Waals surface area (Å²) in [6.07, 6.45) is 17.8. The normalized spacial score (nSPS) is 10.9. The maximum Gasteiger partial charge on any atom is 0.178 e. The first-order valence-electron chi connectivity index (χ1n) is 8.79. The van der Waals surface area contributed by atoms with Gasteiger partial charge in [0.15, 0.2) is 11.9 Å². The Morgan fingerprint density at radius 1 is 0.750 bits per heavy atom. The highest BCUT2D eigenvalue weighted by Crippen LogP contribution is 2.11. The Kier molecular flexibility index (Phi) is 10.3. The average Bonchev–Trinajstić information content (AvgIpc) is 2.46. The van der Waals surface area contributed by atoms with Crippen LogP contribution >= 0.6 is 0 Å². The fraction of sp³-hybridized carbons (Fsp3) is 0.737. The van der Waals surface area contributed by atoms with Crippen LogP contribution in [0.5, 0.6) is 0 Å². The smallest absolute Gasteiger partial charge is 0.178 e. The van der Waals surface area contributed by atoms with E-state index in [0.717, 1.165) is 0 Å². The van der Waals surface area contributed by atoms with Crippen molar-refractivity contribution in [1.82, 2.24) is 0 Å². The predicted octanol–water partition coefficient (Wildman–Crippen LogP) is 5.59. The topological polar surface area (TPSA) is 3.88 Å². The van der Waals surface area contributed by atoms with E-state index < -0.39 is 0 Å². The summed E-state index contributed by atoms with van der Waals surface area (Å²) < 4.78 is 2.37. The van der Waals surface area contributed by atoms with Gasteiger partial charge < -0.3 is 0 Å². The molecule has 0 atom stereocenters. The van der Waals surface area contributed by atoms with Crippen molar-refractivity contribution in [2.75, 3.05) is 0 Å². The van der Waals surface area contributed by atoms with Crippen LogP contribution in [0.25, 0.3) is 0 Å². The van der Waals surface area contributed by atoms with Gasteiger partial charge >= 0.3 is 0 Å². The number of hydrogen-bond acceptors (Lipinski definition) is 0. The molecule has 20 heavy (non-hydrogen) atoms. The lowest BCUT2D eigenvalue weighted by atomic mass is 10.1. The molecule has 0 radical (unpaired) electrons. The van der Waals surface area contributed by atoms with Gasteiger partial charge in [-0.05, 0) is 6.42 Å². The summed E-state index contributed by atoms with van der Waals surface area (Å²) in [7, 11) is 0. The molecule has 0 saturated carbocycles. The Bertz CT molecular complexity index is 332. The highest BCUT2D eigenvalue weighted by Gasteiger charge is 2.02. The van der Waals surface area contributed by atoms with Crippen LogP contribution in [0, 0.1) is 6.92 Å². The largest absolute Gasteiger partial charge is 0.203 e. The van der Waals surface area contributed by atoms with Crippen LogP contribution in [0.2, 0.25) is 0 Å². The van der Waals surface area contributed by atoms with Gasteiger partial charge in [0, 0.05) is 25.5 Å². The van der Waals surface area contributed by atoms with Gasteiger partial charge in [0.2, 0.25) is 0 Å². The van der Waals surface area contributed by atoms with Crippen molar-refractivity contribution in [2.45, 2.75) is 91.0 Å². The van der Waals surface area contributed by atoms with Gasteiger partial charge in [-0.2, -0.15) is 0 Å². The molecule has 1 heterocycles. The first-order valence-corrected chi connectivity index (χ1v) is 8.79. The number of rotatable bonds is 12. The zero-order valence-electron chi connectivity index (χ0n) is 13.7. The van der Waals surface area contributed by atoms with Crippen molar-refractivity contribution in [3.05, 3.63) is 30.1 Å². The maximum atomic E-state index is 2.37. The van der Waals surface area contributed by atoms with Crippen LogP contribution in [-0.4, -0.2) is 0 Å². The maximum absolute atomic E-state index is 2.37. The SMILES string of the molecule is CCCCCCCCCCCCC[n+]1ccccc1C. The molecule has 1 aromatic heterocycles. The van der Waals surface area contributed by atoms with Gasteiger partial charge in [0.1, 0.15) is 6.54 Å². The molecule has 0 unspecified atom stereocenters. The molecule has 1 heteroatoms. The van der Waals surface area contributed by atoms with Crippen molar-refractivity contribution in [3.63, 3.8) is 0 Å². The summed E-state index contributed by atoms with van der Waals surface area (Å²) in [5.41, 5.74) is 1.37. The van der Waals surface area contributed by atoms with Gasteiger partial charge in [0.25, 0.3) is 0 Å². The van der Waals surface area contributed by atoms with Crippen molar-refractivity contribution in [3.8, 4) is 0 Å². The minimum absolute atomic E-state index is 1.18. The van der Waals surface area contributed by atoms with Crippen LogP contribution in [-0.2, 0) is 6.54 Å². The van der Waals surface area contributed by atoms with Crippen LogP contribution in [0.4, 0.5) is 0 Å². The second-order valence-electron chi connectivity index (χ2n) is 6.07. The molecule has 0 fully saturated rings. The van der Waals surface area contributed by atoms with E-state index in [9.17, 15) is 0 Å². The Morgan fingerprint density at radius 2 is 1.30 bits per heavy atom. The quantitative estimate of drug-likeness (QED) is 0.346. The number of nitrogens with zero attached hydrogens (tertiary/aromatic N) is 1. The molecular formula is C19H34N+. The first kappa shape index (κ1) is 17.2. The minimum Gasteiger partial charge on any atom is -0.203 e. The third-order valence-corrected chi connectivity index (χ3v) is 4.17. The number of aryl methyl sites for hydroxylation is 2. The van der Waals surface area contributed by atoms with Crippen LogP contribution in [0.1, 0.15) is 83.2 Å². The molecule has 0 aliphatic carbocycles. The fourth-order valence-corrected chi connectivity index (χ4v) is 2.76. The lowest BCUT2D eigenvalue weighted by Gasteiger charge is -2.02. The molecule has 0 N–H and O–H groups in total. The monoisotopic (exact) mass is 276 g/mol. The van der Waals surface area contributed by atoms with Gasteiger partial charge in [-0.25, -0.2) is 4.57 Å². The van der Waals surface area contributed by atoms with E-state index in [-0.39, 0.29) is 0 Å². The lowest BCUT2D eigenvalue weighted by molar-refractivity contribution is -0.703. The molecule has 0 aromatic carbocycles. The summed E-state index contributed by atoms with van der Waals surface area (Å²) in [6, 6.07) is 6.44. The fourth-order valence-electron chi connectivity index (χ4n) is 2.76. The average molecular weight is 276 g/mol.